The average molecular weight is 383 g/mol. The van der Waals surface area contributed by atoms with E-state index in [2.05, 4.69) is 15.5 Å². The van der Waals surface area contributed by atoms with Crippen LogP contribution in [0.4, 0.5) is 10.1 Å². The van der Waals surface area contributed by atoms with E-state index in [9.17, 15) is 9.18 Å². The molecule has 6 nitrogen and oxygen atoms in total. The lowest BCUT2D eigenvalue weighted by molar-refractivity contribution is -0.113. The van der Waals surface area contributed by atoms with Crippen molar-refractivity contribution < 1.29 is 18.7 Å². The molecule has 1 aromatic heterocycles. The van der Waals surface area contributed by atoms with Gasteiger partial charge in [-0.25, -0.2) is 4.39 Å². The number of benzene rings is 2. The molecule has 1 N–H and O–H groups in total. The maximum atomic E-state index is 13.1. The van der Waals surface area contributed by atoms with E-state index >= 15 is 0 Å². The fraction of sp³-hybridized carbons (Fsp3) is 0.105. The highest BCUT2D eigenvalue weighted by atomic mass is 32.2. The Morgan fingerprint density at radius 1 is 1.07 bits per heavy atom. The van der Waals surface area contributed by atoms with Gasteiger partial charge >= 0.3 is 0 Å². The van der Waals surface area contributed by atoms with E-state index in [4.69, 9.17) is 9.47 Å². The van der Waals surface area contributed by atoms with Crippen molar-refractivity contribution in [3.05, 3.63) is 60.4 Å². The number of nitrogens with one attached hydrogen (secondary N) is 1. The predicted molar refractivity (Wildman–Crippen MR) is 99.3 cm³/mol. The minimum Gasteiger partial charge on any atom is -0.454 e. The van der Waals surface area contributed by atoms with Gasteiger partial charge in [-0.05, 0) is 48.5 Å². The molecular weight excluding hydrogens is 369 g/mol. The van der Waals surface area contributed by atoms with Crippen molar-refractivity contribution in [3.8, 4) is 22.8 Å². The minimum absolute atomic E-state index is 0.147. The monoisotopic (exact) mass is 383 g/mol. The molecular formula is C19H14FN3O3S. The van der Waals surface area contributed by atoms with E-state index < -0.39 is 5.82 Å². The molecule has 0 fully saturated rings. The van der Waals surface area contributed by atoms with Crippen LogP contribution in [0.5, 0.6) is 11.5 Å². The summed E-state index contributed by atoms with van der Waals surface area (Å²) in [5.74, 6) is 0.900. The number of hydrogen-bond donors (Lipinski definition) is 1. The van der Waals surface area contributed by atoms with Gasteiger partial charge in [-0.1, -0.05) is 17.8 Å². The molecule has 0 saturated carbocycles. The number of rotatable bonds is 5. The number of thioether (sulfide) groups is 1. The molecule has 0 atom stereocenters. The Balaban J connectivity index is 1.36. The molecule has 2 aromatic carbocycles. The van der Waals surface area contributed by atoms with Crippen LogP contribution >= 0.6 is 11.8 Å². The molecule has 1 aliphatic heterocycles. The van der Waals surface area contributed by atoms with Gasteiger partial charge in [0.05, 0.1) is 11.4 Å². The number of nitrogens with zero attached hydrogens (tertiary/aromatic N) is 2. The molecule has 3 aromatic rings. The van der Waals surface area contributed by atoms with Crippen molar-refractivity contribution in [2.45, 2.75) is 5.03 Å². The summed E-state index contributed by atoms with van der Waals surface area (Å²) in [7, 11) is 0. The first kappa shape index (κ1) is 17.3. The van der Waals surface area contributed by atoms with Crippen molar-refractivity contribution >= 4 is 23.4 Å². The molecule has 0 bridgehead atoms. The third-order valence-corrected chi connectivity index (χ3v) is 4.69. The van der Waals surface area contributed by atoms with Crippen molar-refractivity contribution in [1.29, 1.82) is 0 Å². The van der Waals surface area contributed by atoms with Crippen LogP contribution < -0.4 is 14.8 Å². The number of carbonyl (C=O) groups is 1. The Labute approximate surface area is 158 Å². The summed E-state index contributed by atoms with van der Waals surface area (Å²) in [5, 5.41) is 11.6. The molecule has 0 aliphatic carbocycles. The zero-order valence-corrected chi connectivity index (χ0v) is 14.8. The Kier molecular flexibility index (Phi) is 4.88. The average Bonchev–Trinajstić information content (AvgIpc) is 3.15. The van der Waals surface area contributed by atoms with Crippen molar-refractivity contribution in [3.63, 3.8) is 0 Å². The SMILES string of the molecule is O=C(CSc1ccc(-c2ccc3c(c2)OCO3)nn1)Nc1cccc(F)c1. The van der Waals surface area contributed by atoms with Gasteiger partial charge < -0.3 is 14.8 Å². The standard InChI is InChI=1S/C19H14FN3O3S/c20-13-2-1-3-14(9-13)21-18(24)10-27-19-7-5-15(22-23-19)12-4-6-16-17(8-12)26-11-25-16/h1-9H,10-11H2,(H,21,24). The number of ether oxygens (including phenoxy) is 2. The van der Waals surface area contributed by atoms with Gasteiger partial charge in [0, 0.05) is 11.3 Å². The Bertz CT molecular complexity index is 982. The minimum atomic E-state index is -0.398. The number of aromatic nitrogens is 2. The van der Waals surface area contributed by atoms with Gasteiger partial charge in [-0.3, -0.25) is 4.79 Å². The van der Waals surface area contributed by atoms with Crippen LogP contribution in [0.1, 0.15) is 0 Å². The van der Waals surface area contributed by atoms with E-state index in [-0.39, 0.29) is 18.5 Å². The topological polar surface area (TPSA) is 73.3 Å². The zero-order valence-electron chi connectivity index (χ0n) is 14.0. The molecule has 0 spiro atoms. The summed E-state index contributed by atoms with van der Waals surface area (Å²) < 4.78 is 23.8. The highest BCUT2D eigenvalue weighted by Gasteiger charge is 2.14. The molecule has 27 heavy (non-hydrogen) atoms. The summed E-state index contributed by atoms with van der Waals surface area (Å²) in [6.07, 6.45) is 0. The second-order valence-electron chi connectivity index (χ2n) is 5.67. The Morgan fingerprint density at radius 3 is 2.78 bits per heavy atom. The van der Waals surface area contributed by atoms with Gasteiger partial charge in [-0.15, -0.1) is 10.2 Å². The third kappa shape index (κ3) is 4.17. The van der Waals surface area contributed by atoms with Gasteiger partial charge in [0.2, 0.25) is 12.7 Å². The number of hydrogen-bond acceptors (Lipinski definition) is 6. The Hall–Kier alpha value is -3.13. The molecule has 4 rings (SSSR count). The van der Waals surface area contributed by atoms with E-state index in [1.807, 2.05) is 24.3 Å². The van der Waals surface area contributed by atoms with Crippen LogP contribution in [0.2, 0.25) is 0 Å². The first-order valence-electron chi connectivity index (χ1n) is 8.09. The summed E-state index contributed by atoms with van der Waals surface area (Å²) in [6, 6.07) is 15.0. The largest absolute Gasteiger partial charge is 0.454 e. The number of anilines is 1. The van der Waals surface area contributed by atoms with Crippen molar-refractivity contribution in [2.24, 2.45) is 0 Å². The first-order chi connectivity index (χ1) is 13.2. The molecule has 8 heteroatoms. The van der Waals surface area contributed by atoms with Crippen molar-refractivity contribution in [1.82, 2.24) is 10.2 Å². The van der Waals surface area contributed by atoms with Gasteiger partial charge in [0.1, 0.15) is 10.8 Å². The fourth-order valence-electron chi connectivity index (χ4n) is 2.51. The number of halogens is 1. The molecule has 1 aliphatic rings. The van der Waals surface area contributed by atoms with Crippen LogP contribution in [-0.4, -0.2) is 28.7 Å². The summed E-state index contributed by atoms with van der Waals surface area (Å²) in [5.41, 5.74) is 1.99. The van der Waals surface area contributed by atoms with Crippen LogP contribution in [0.15, 0.2) is 59.6 Å². The lowest BCUT2D eigenvalue weighted by Crippen LogP contribution is -2.14. The highest BCUT2D eigenvalue weighted by Crippen LogP contribution is 2.35. The van der Waals surface area contributed by atoms with E-state index in [0.29, 0.717) is 27.9 Å². The maximum absolute atomic E-state index is 13.1. The molecule has 136 valence electrons. The normalized spacial score (nSPS) is 12.0. The number of amides is 1. The van der Waals surface area contributed by atoms with Crippen LogP contribution in [-0.2, 0) is 4.79 Å². The second-order valence-corrected chi connectivity index (χ2v) is 6.67. The van der Waals surface area contributed by atoms with Gasteiger partial charge in [-0.2, -0.15) is 0 Å². The molecule has 0 radical (unpaired) electrons. The summed E-state index contributed by atoms with van der Waals surface area (Å²) >= 11 is 1.25. The first-order valence-corrected chi connectivity index (χ1v) is 9.08. The lowest BCUT2D eigenvalue weighted by atomic mass is 10.1. The lowest BCUT2D eigenvalue weighted by Gasteiger charge is -2.05. The van der Waals surface area contributed by atoms with Gasteiger partial charge in [0.25, 0.3) is 0 Å². The highest BCUT2D eigenvalue weighted by molar-refractivity contribution is 7.99. The van der Waals surface area contributed by atoms with Crippen LogP contribution in [0.25, 0.3) is 11.3 Å². The molecule has 1 amide bonds. The Morgan fingerprint density at radius 2 is 1.96 bits per heavy atom. The number of carbonyl (C=O) groups excluding carboxylic acids is 1. The number of fused-ring (bicyclic) bond motifs is 1. The smallest absolute Gasteiger partial charge is 0.234 e. The molecule has 0 unspecified atom stereocenters. The second kappa shape index (κ2) is 7.63. The van der Waals surface area contributed by atoms with E-state index in [1.165, 1.54) is 23.9 Å². The van der Waals surface area contributed by atoms with Crippen LogP contribution in [0.3, 0.4) is 0 Å². The maximum Gasteiger partial charge on any atom is 0.234 e. The third-order valence-electron chi connectivity index (χ3n) is 3.77. The molecule has 2 heterocycles. The van der Waals surface area contributed by atoms with Crippen molar-refractivity contribution in [2.75, 3.05) is 17.9 Å². The van der Waals surface area contributed by atoms with E-state index in [0.717, 1.165) is 5.56 Å². The zero-order chi connectivity index (χ0) is 18.6. The predicted octanol–water partition coefficient (Wildman–Crippen LogP) is 3.74. The van der Waals surface area contributed by atoms with Crippen LogP contribution in [0, 0.1) is 5.82 Å². The molecule has 0 saturated heterocycles. The van der Waals surface area contributed by atoms with E-state index in [1.54, 1.807) is 18.2 Å². The quantitative estimate of drug-likeness (QED) is 0.677. The van der Waals surface area contributed by atoms with Gasteiger partial charge in [0.15, 0.2) is 11.5 Å². The fourth-order valence-corrected chi connectivity index (χ4v) is 3.12. The summed E-state index contributed by atoms with van der Waals surface area (Å²) in [4.78, 5) is 12.0. The summed E-state index contributed by atoms with van der Waals surface area (Å²) in [6.45, 7) is 0.220.